The van der Waals surface area contributed by atoms with Crippen LogP contribution >= 0.6 is 0 Å². The third-order valence-corrected chi connectivity index (χ3v) is 6.41. The standard InChI is InChI=1S/C27H32N8O4/c1-27(2,3)39-26(38)35-12-11-34(15-18(35)16-36)23-10-9-17(14-28-23)25(37)31-22-13-21(33(4)32-22)24-29-19-7-5-6-8-20(19)30-24/h5-10,13-14,18,36H,11-12,15-16H2,1-4H3,(H,29,30)(H,31,32,37). The van der Waals surface area contributed by atoms with Gasteiger partial charge < -0.3 is 25.0 Å². The highest BCUT2D eigenvalue weighted by Gasteiger charge is 2.33. The second-order valence-electron chi connectivity index (χ2n) is 10.5. The van der Waals surface area contributed by atoms with Crippen molar-refractivity contribution < 1.29 is 19.4 Å². The van der Waals surface area contributed by atoms with Gasteiger partial charge in [0.25, 0.3) is 5.91 Å². The summed E-state index contributed by atoms with van der Waals surface area (Å²) in [6.45, 7) is 6.53. The third kappa shape index (κ3) is 5.70. The van der Waals surface area contributed by atoms with E-state index in [2.05, 4.69) is 25.4 Å². The molecule has 3 N–H and O–H groups in total. The number of aromatic amines is 1. The maximum atomic E-state index is 12.9. The van der Waals surface area contributed by atoms with E-state index in [-0.39, 0.29) is 12.5 Å². The van der Waals surface area contributed by atoms with E-state index < -0.39 is 17.7 Å². The number of hydrogen-bond donors (Lipinski definition) is 3. The number of nitrogens with zero attached hydrogens (tertiary/aromatic N) is 6. The van der Waals surface area contributed by atoms with Crippen LogP contribution in [0.15, 0.2) is 48.7 Å². The maximum absolute atomic E-state index is 12.9. The molecule has 4 heterocycles. The zero-order valence-corrected chi connectivity index (χ0v) is 22.4. The Hall–Kier alpha value is -4.45. The Balaban J connectivity index is 1.23. The van der Waals surface area contributed by atoms with Crippen molar-refractivity contribution >= 4 is 34.7 Å². The van der Waals surface area contributed by atoms with Gasteiger partial charge in [-0.2, -0.15) is 5.10 Å². The molecule has 1 aliphatic rings. The summed E-state index contributed by atoms with van der Waals surface area (Å²) in [5.41, 5.74) is 2.26. The second kappa shape index (κ2) is 10.4. The van der Waals surface area contributed by atoms with Crippen LogP contribution in [0, 0.1) is 0 Å². The van der Waals surface area contributed by atoms with Crippen LogP contribution < -0.4 is 10.2 Å². The van der Waals surface area contributed by atoms with Crippen molar-refractivity contribution in [2.75, 3.05) is 36.5 Å². The van der Waals surface area contributed by atoms with Crippen molar-refractivity contribution in [2.45, 2.75) is 32.4 Å². The molecule has 0 saturated carbocycles. The molecule has 0 spiro atoms. The number of aryl methyl sites for hydroxylation is 1. The highest BCUT2D eigenvalue weighted by Crippen LogP contribution is 2.24. The number of para-hydroxylation sites is 2. The minimum atomic E-state index is -0.615. The van der Waals surface area contributed by atoms with Gasteiger partial charge in [0.1, 0.15) is 17.1 Å². The van der Waals surface area contributed by atoms with Gasteiger partial charge in [-0.15, -0.1) is 0 Å². The SMILES string of the molecule is Cn1nc(NC(=O)c2ccc(N3CCN(C(=O)OC(C)(C)C)C(CO)C3)nc2)cc1-c1nc2ccccc2[nH]1. The number of pyridine rings is 1. The van der Waals surface area contributed by atoms with Crippen molar-refractivity contribution in [2.24, 2.45) is 7.05 Å². The van der Waals surface area contributed by atoms with E-state index in [4.69, 9.17) is 4.74 Å². The molecule has 1 aliphatic heterocycles. The number of imidazole rings is 1. The van der Waals surface area contributed by atoms with E-state index in [0.717, 1.165) is 16.7 Å². The van der Waals surface area contributed by atoms with E-state index in [1.165, 1.54) is 6.20 Å². The molecule has 1 fully saturated rings. The lowest BCUT2D eigenvalue weighted by Gasteiger charge is -2.41. The van der Waals surface area contributed by atoms with Gasteiger partial charge in [-0.3, -0.25) is 14.4 Å². The summed E-state index contributed by atoms with van der Waals surface area (Å²) in [4.78, 5) is 41.3. The fourth-order valence-corrected chi connectivity index (χ4v) is 4.50. The van der Waals surface area contributed by atoms with Crippen LogP contribution in [0.25, 0.3) is 22.6 Å². The number of anilines is 2. The number of carbonyl (C=O) groups is 2. The highest BCUT2D eigenvalue weighted by atomic mass is 16.6. The van der Waals surface area contributed by atoms with Gasteiger partial charge in [-0.25, -0.2) is 14.8 Å². The Kier molecular flexibility index (Phi) is 6.96. The van der Waals surface area contributed by atoms with Crippen LogP contribution in [0.4, 0.5) is 16.4 Å². The fourth-order valence-electron chi connectivity index (χ4n) is 4.50. The molecule has 1 atom stereocenters. The van der Waals surface area contributed by atoms with Crippen molar-refractivity contribution in [1.29, 1.82) is 0 Å². The Morgan fingerprint density at radius 2 is 1.97 bits per heavy atom. The normalized spacial score (nSPS) is 16.0. The largest absolute Gasteiger partial charge is 0.444 e. The first-order valence-corrected chi connectivity index (χ1v) is 12.7. The second-order valence-corrected chi connectivity index (χ2v) is 10.5. The van der Waals surface area contributed by atoms with Crippen LogP contribution in [0.1, 0.15) is 31.1 Å². The number of aliphatic hydroxyl groups excluding tert-OH is 1. The first-order chi connectivity index (χ1) is 18.6. The number of aromatic nitrogens is 5. The molecule has 12 heteroatoms. The van der Waals surface area contributed by atoms with Gasteiger partial charge in [-0.05, 0) is 45.0 Å². The summed E-state index contributed by atoms with van der Waals surface area (Å²) >= 11 is 0. The molecule has 204 valence electrons. The van der Waals surface area contributed by atoms with Crippen molar-refractivity contribution in [3.8, 4) is 11.5 Å². The van der Waals surface area contributed by atoms with Gasteiger partial charge in [-0.1, -0.05) is 12.1 Å². The number of fused-ring (bicyclic) bond motifs is 1. The minimum Gasteiger partial charge on any atom is -0.444 e. The predicted octanol–water partition coefficient (Wildman–Crippen LogP) is 3.03. The molecular weight excluding hydrogens is 500 g/mol. The van der Waals surface area contributed by atoms with Crippen molar-refractivity contribution in [3.05, 3.63) is 54.2 Å². The molecule has 5 rings (SSSR count). The molecule has 0 aliphatic carbocycles. The van der Waals surface area contributed by atoms with Crippen LogP contribution in [-0.2, 0) is 11.8 Å². The van der Waals surface area contributed by atoms with E-state index >= 15 is 0 Å². The lowest BCUT2D eigenvalue weighted by molar-refractivity contribution is 0.00698. The number of carbonyl (C=O) groups excluding carboxylic acids is 2. The van der Waals surface area contributed by atoms with E-state index in [9.17, 15) is 14.7 Å². The number of benzene rings is 1. The average Bonchev–Trinajstić information content (AvgIpc) is 3.50. The topological polar surface area (TPSA) is 142 Å². The van der Waals surface area contributed by atoms with Gasteiger partial charge in [0, 0.05) is 38.9 Å². The number of nitrogens with one attached hydrogen (secondary N) is 2. The van der Waals surface area contributed by atoms with E-state index in [1.807, 2.05) is 49.9 Å². The number of hydrogen-bond acceptors (Lipinski definition) is 8. The maximum Gasteiger partial charge on any atom is 0.410 e. The summed E-state index contributed by atoms with van der Waals surface area (Å²) in [6, 6.07) is 12.5. The molecule has 1 aromatic carbocycles. The lowest BCUT2D eigenvalue weighted by Crippen LogP contribution is -2.57. The summed E-state index contributed by atoms with van der Waals surface area (Å²) in [5, 5.41) is 17.1. The highest BCUT2D eigenvalue weighted by molar-refractivity contribution is 6.03. The smallest absolute Gasteiger partial charge is 0.410 e. The van der Waals surface area contributed by atoms with Crippen molar-refractivity contribution in [1.82, 2.24) is 29.6 Å². The summed E-state index contributed by atoms with van der Waals surface area (Å²) in [5.74, 6) is 1.36. The fraction of sp³-hybridized carbons (Fsp3) is 0.370. The summed E-state index contributed by atoms with van der Waals surface area (Å²) in [6.07, 6.45) is 1.06. The molecule has 4 aromatic rings. The van der Waals surface area contributed by atoms with E-state index in [0.29, 0.717) is 42.7 Å². The number of rotatable bonds is 5. The van der Waals surface area contributed by atoms with E-state index in [1.54, 1.807) is 34.8 Å². The number of amides is 2. The van der Waals surface area contributed by atoms with Crippen LogP contribution in [0.2, 0.25) is 0 Å². The first-order valence-electron chi connectivity index (χ1n) is 12.7. The monoisotopic (exact) mass is 532 g/mol. The quantitative estimate of drug-likeness (QED) is 0.356. The molecule has 3 aromatic heterocycles. The summed E-state index contributed by atoms with van der Waals surface area (Å²) in [7, 11) is 1.79. The lowest BCUT2D eigenvalue weighted by atomic mass is 10.1. The van der Waals surface area contributed by atoms with Gasteiger partial charge in [0.2, 0.25) is 0 Å². The van der Waals surface area contributed by atoms with Crippen LogP contribution in [0.5, 0.6) is 0 Å². The molecule has 0 bridgehead atoms. The summed E-state index contributed by atoms with van der Waals surface area (Å²) < 4.78 is 7.13. The zero-order chi connectivity index (χ0) is 27.7. The zero-order valence-electron chi connectivity index (χ0n) is 22.4. The molecule has 0 radical (unpaired) electrons. The molecule has 12 nitrogen and oxygen atoms in total. The number of H-pyrrole nitrogens is 1. The van der Waals surface area contributed by atoms with Crippen LogP contribution in [-0.4, -0.2) is 84.6 Å². The first kappa shape index (κ1) is 26.2. The molecule has 1 unspecified atom stereocenters. The van der Waals surface area contributed by atoms with Gasteiger partial charge >= 0.3 is 6.09 Å². The van der Waals surface area contributed by atoms with Gasteiger partial charge in [0.05, 0.1) is 29.2 Å². The Morgan fingerprint density at radius 1 is 1.18 bits per heavy atom. The van der Waals surface area contributed by atoms with Crippen molar-refractivity contribution in [3.63, 3.8) is 0 Å². The average molecular weight is 533 g/mol. The minimum absolute atomic E-state index is 0.198. The number of aliphatic hydroxyl groups is 1. The Bertz CT molecular complexity index is 1450. The number of ether oxygens (including phenoxy) is 1. The molecule has 2 amide bonds. The molecule has 1 saturated heterocycles. The Morgan fingerprint density at radius 3 is 2.67 bits per heavy atom. The third-order valence-electron chi connectivity index (χ3n) is 6.41. The van der Waals surface area contributed by atoms with Gasteiger partial charge in [0.15, 0.2) is 11.6 Å². The Labute approximate surface area is 225 Å². The molecule has 39 heavy (non-hydrogen) atoms. The van der Waals surface area contributed by atoms with Crippen LogP contribution in [0.3, 0.4) is 0 Å². The predicted molar refractivity (Wildman–Crippen MR) is 147 cm³/mol. The molecular formula is C27H32N8O4. The number of piperazine rings is 1.